The minimum atomic E-state index is -0.532. The van der Waals surface area contributed by atoms with E-state index in [1.54, 1.807) is 31.5 Å². The Morgan fingerprint density at radius 2 is 2.00 bits per heavy atom. The highest BCUT2D eigenvalue weighted by Gasteiger charge is 2.16. The van der Waals surface area contributed by atoms with Gasteiger partial charge < -0.3 is 18.7 Å². The minimum absolute atomic E-state index is 0.0149. The molecule has 3 aromatic rings. The first kappa shape index (κ1) is 17.5. The average molecular weight is 354 g/mol. The predicted molar refractivity (Wildman–Crippen MR) is 93.0 cm³/mol. The number of hydrogen-bond acceptors (Lipinski definition) is 7. The Hall–Kier alpha value is -3.35. The summed E-state index contributed by atoms with van der Waals surface area (Å²) >= 11 is 0. The second-order valence-electron chi connectivity index (χ2n) is 5.28. The number of methoxy groups -OCH3 is 1. The van der Waals surface area contributed by atoms with Crippen molar-refractivity contribution in [2.45, 2.75) is 13.5 Å². The molecule has 0 radical (unpaired) electrons. The number of pyridine rings is 1. The van der Waals surface area contributed by atoms with E-state index in [4.69, 9.17) is 18.7 Å². The molecule has 3 rings (SSSR count). The molecule has 0 aliphatic heterocycles. The molecule has 0 bridgehead atoms. The summed E-state index contributed by atoms with van der Waals surface area (Å²) in [7, 11) is 1.61. The van der Waals surface area contributed by atoms with Gasteiger partial charge >= 0.3 is 5.97 Å². The van der Waals surface area contributed by atoms with E-state index in [9.17, 15) is 4.79 Å². The predicted octanol–water partition coefficient (Wildman–Crippen LogP) is 3.50. The van der Waals surface area contributed by atoms with Crippen molar-refractivity contribution in [2.75, 3.05) is 13.7 Å². The van der Waals surface area contributed by atoms with E-state index in [0.717, 1.165) is 11.3 Å². The van der Waals surface area contributed by atoms with Crippen LogP contribution in [0.4, 0.5) is 0 Å². The lowest BCUT2D eigenvalue weighted by atomic mass is 10.1. The first-order valence-electron chi connectivity index (χ1n) is 8.06. The Labute approximate surface area is 150 Å². The van der Waals surface area contributed by atoms with Crippen LogP contribution in [0.1, 0.15) is 23.0 Å². The van der Waals surface area contributed by atoms with Crippen LogP contribution < -0.4 is 9.47 Å². The van der Waals surface area contributed by atoms with E-state index in [2.05, 4.69) is 10.1 Å². The van der Waals surface area contributed by atoms with Crippen LogP contribution in [-0.4, -0.2) is 29.8 Å². The molecule has 0 fully saturated rings. The quantitative estimate of drug-likeness (QED) is 0.600. The molecule has 134 valence electrons. The van der Waals surface area contributed by atoms with E-state index >= 15 is 0 Å². The number of benzene rings is 1. The monoisotopic (exact) mass is 354 g/mol. The summed E-state index contributed by atoms with van der Waals surface area (Å²) in [4.78, 5) is 16.3. The Balaban J connectivity index is 1.65. The maximum absolute atomic E-state index is 12.2. The Kier molecular flexibility index (Phi) is 5.48. The molecule has 2 aromatic heterocycles. The molecule has 0 unspecified atom stereocenters. The normalized spacial score (nSPS) is 10.4. The second-order valence-corrected chi connectivity index (χ2v) is 5.28. The lowest BCUT2D eigenvalue weighted by molar-refractivity contribution is 0.0459. The number of hydrogen-bond donors (Lipinski definition) is 0. The lowest BCUT2D eigenvalue weighted by Gasteiger charge is -2.07. The molecule has 7 nitrogen and oxygen atoms in total. The van der Waals surface area contributed by atoms with E-state index in [-0.39, 0.29) is 18.1 Å². The largest absolute Gasteiger partial charge is 0.497 e. The molecule has 0 aliphatic rings. The zero-order valence-corrected chi connectivity index (χ0v) is 14.5. The van der Waals surface area contributed by atoms with Crippen molar-refractivity contribution in [2.24, 2.45) is 0 Å². The van der Waals surface area contributed by atoms with Gasteiger partial charge in [-0.15, -0.1) is 0 Å². The van der Waals surface area contributed by atoms with E-state index in [1.165, 1.54) is 0 Å². The van der Waals surface area contributed by atoms with E-state index in [0.29, 0.717) is 18.1 Å². The molecule has 1 aromatic carbocycles. The van der Waals surface area contributed by atoms with Gasteiger partial charge in [0.15, 0.2) is 5.76 Å². The summed E-state index contributed by atoms with van der Waals surface area (Å²) in [6.07, 6.45) is 1.56. The maximum atomic E-state index is 12.2. The van der Waals surface area contributed by atoms with Gasteiger partial charge in [-0.3, -0.25) is 0 Å². The highest BCUT2D eigenvalue weighted by atomic mass is 16.5. The molecule has 26 heavy (non-hydrogen) atoms. The highest BCUT2D eigenvalue weighted by molar-refractivity contribution is 5.91. The summed E-state index contributed by atoms with van der Waals surface area (Å²) < 4.78 is 21.1. The van der Waals surface area contributed by atoms with Crippen LogP contribution in [-0.2, 0) is 11.3 Å². The van der Waals surface area contributed by atoms with Crippen molar-refractivity contribution in [1.82, 2.24) is 10.1 Å². The second kappa shape index (κ2) is 8.15. The zero-order valence-electron chi connectivity index (χ0n) is 14.5. The van der Waals surface area contributed by atoms with Gasteiger partial charge in [0, 0.05) is 17.8 Å². The lowest BCUT2D eigenvalue weighted by Crippen LogP contribution is -2.09. The van der Waals surface area contributed by atoms with Crippen molar-refractivity contribution in [1.29, 1.82) is 0 Å². The minimum Gasteiger partial charge on any atom is -0.497 e. The van der Waals surface area contributed by atoms with Crippen LogP contribution in [0.2, 0.25) is 0 Å². The maximum Gasteiger partial charge on any atom is 0.344 e. The molecule has 0 amide bonds. The first-order chi connectivity index (χ1) is 12.7. The van der Waals surface area contributed by atoms with Gasteiger partial charge in [-0.05, 0) is 43.3 Å². The average Bonchev–Trinajstić information content (AvgIpc) is 3.16. The van der Waals surface area contributed by atoms with E-state index < -0.39 is 5.97 Å². The van der Waals surface area contributed by atoms with Gasteiger partial charge in [-0.1, -0.05) is 5.16 Å². The number of rotatable bonds is 7. The van der Waals surface area contributed by atoms with Gasteiger partial charge in [0.2, 0.25) is 5.88 Å². The molecule has 7 heteroatoms. The summed E-state index contributed by atoms with van der Waals surface area (Å²) in [5, 5.41) is 3.93. The van der Waals surface area contributed by atoms with Gasteiger partial charge in [0.25, 0.3) is 0 Å². The van der Waals surface area contributed by atoms with Crippen LogP contribution in [0.3, 0.4) is 0 Å². The summed E-state index contributed by atoms with van der Waals surface area (Å²) in [6, 6.07) is 12.4. The Bertz CT molecular complexity index is 874. The van der Waals surface area contributed by atoms with Gasteiger partial charge in [0.1, 0.15) is 23.6 Å². The molecule has 0 atom stereocenters. The molecule has 0 spiro atoms. The van der Waals surface area contributed by atoms with E-state index in [1.807, 2.05) is 31.2 Å². The number of esters is 1. The third kappa shape index (κ3) is 4.00. The molecular formula is C19H18N2O5. The van der Waals surface area contributed by atoms with Crippen molar-refractivity contribution in [3.8, 4) is 23.0 Å². The molecule has 0 N–H and O–H groups in total. The molecule has 2 heterocycles. The Morgan fingerprint density at radius 3 is 2.73 bits per heavy atom. The van der Waals surface area contributed by atoms with Crippen molar-refractivity contribution < 1.29 is 23.5 Å². The smallest absolute Gasteiger partial charge is 0.344 e. The molecule has 0 saturated carbocycles. The molecular weight excluding hydrogens is 336 g/mol. The van der Waals surface area contributed by atoms with Crippen LogP contribution >= 0.6 is 0 Å². The first-order valence-corrected chi connectivity index (χ1v) is 8.06. The van der Waals surface area contributed by atoms with Crippen molar-refractivity contribution in [3.63, 3.8) is 0 Å². The van der Waals surface area contributed by atoms with Gasteiger partial charge in [-0.2, -0.15) is 0 Å². The standard InChI is InChI=1S/C19H18N2O5/c1-3-24-18-16(5-4-10-20-18)19(22)25-12-14-11-17(26-21-14)13-6-8-15(23-2)9-7-13/h4-11H,3,12H2,1-2H3. The van der Waals surface area contributed by atoms with Crippen molar-refractivity contribution in [3.05, 3.63) is 59.9 Å². The van der Waals surface area contributed by atoms with Gasteiger partial charge in [0.05, 0.1) is 13.7 Å². The van der Waals surface area contributed by atoms with Crippen molar-refractivity contribution >= 4 is 5.97 Å². The highest BCUT2D eigenvalue weighted by Crippen LogP contribution is 2.23. The van der Waals surface area contributed by atoms with Crippen LogP contribution in [0.25, 0.3) is 11.3 Å². The summed E-state index contributed by atoms with van der Waals surface area (Å²) in [6.45, 7) is 2.21. The fraction of sp³-hybridized carbons (Fsp3) is 0.211. The topological polar surface area (TPSA) is 83.7 Å². The molecule has 0 saturated heterocycles. The van der Waals surface area contributed by atoms with Crippen LogP contribution in [0.5, 0.6) is 11.6 Å². The third-order valence-electron chi connectivity index (χ3n) is 3.56. The summed E-state index contributed by atoms with van der Waals surface area (Å²) in [5.74, 6) is 1.05. The number of carbonyl (C=O) groups excluding carboxylic acids is 1. The fourth-order valence-electron chi connectivity index (χ4n) is 2.29. The molecule has 0 aliphatic carbocycles. The van der Waals surface area contributed by atoms with Crippen LogP contribution in [0.15, 0.2) is 53.2 Å². The summed E-state index contributed by atoms with van der Waals surface area (Å²) in [5.41, 5.74) is 1.63. The number of nitrogens with zero attached hydrogens (tertiary/aromatic N) is 2. The fourth-order valence-corrected chi connectivity index (χ4v) is 2.29. The number of aromatic nitrogens is 2. The Morgan fingerprint density at radius 1 is 1.19 bits per heavy atom. The number of ether oxygens (including phenoxy) is 3. The third-order valence-corrected chi connectivity index (χ3v) is 3.56. The van der Waals surface area contributed by atoms with Crippen LogP contribution in [0, 0.1) is 0 Å². The zero-order chi connectivity index (χ0) is 18.4. The van der Waals surface area contributed by atoms with Gasteiger partial charge in [-0.25, -0.2) is 9.78 Å². The SMILES string of the molecule is CCOc1ncccc1C(=O)OCc1cc(-c2ccc(OC)cc2)on1. The number of carbonyl (C=O) groups is 1.